The van der Waals surface area contributed by atoms with Crippen molar-refractivity contribution in [3.05, 3.63) is 65.2 Å². The van der Waals surface area contributed by atoms with E-state index in [0.717, 1.165) is 5.56 Å². The van der Waals surface area contributed by atoms with Gasteiger partial charge in [0.2, 0.25) is 15.9 Å². The van der Waals surface area contributed by atoms with E-state index in [0.29, 0.717) is 0 Å². The number of ether oxygens (including phenoxy) is 1. The molecule has 166 valence electrons. The fourth-order valence-electron chi connectivity index (χ4n) is 2.57. The predicted octanol–water partition coefficient (Wildman–Crippen LogP) is 2.07. The van der Waals surface area contributed by atoms with Crippen molar-refractivity contribution in [3.63, 3.8) is 0 Å². The number of sulfonamides is 1. The molecule has 0 aliphatic rings. The Morgan fingerprint density at radius 2 is 1.68 bits per heavy atom. The summed E-state index contributed by atoms with van der Waals surface area (Å²) in [6.45, 7) is 2.52. The second-order valence-electron chi connectivity index (χ2n) is 7.04. The molecule has 0 aliphatic carbocycles. The number of amides is 2. The maximum Gasteiger partial charge on any atom is 0.324 e. The summed E-state index contributed by atoms with van der Waals surface area (Å²) >= 11 is 5.83. The number of benzene rings is 2. The van der Waals surface area contributed by atoms with Crippen molar-refractivity contribution in [2.75, 3.05) is 6.61 Å². The Hall–Kier alpha value is -2.75. The first kappa shape index (κ1) is 24.5. The van der Waals surface area contributed by atoms with Crippen LogP contribution < -0.4 is 10.0 Å². The summed E-state index contributed by atoms with van der Waals surface area (Å²) in [5, 5.41) is 2.35. The summed E-state index contributed by atoms with van der Waals surface area (Å²) < 4.78 is 32.3. The van der Waals surface area contributed by atoms with Gasteiger partial charge in [-0.2, -0.15) is 4.72 Å². The third kappa shape index (κ3) is 7.78. The number of halogens is 1. The van der Waals surface area contributed by atoms with Crippen LogP contribution in [-0.2, 0) is 35.6 Å². The number of esters is 1. The molecule has 0 heterocycles. The molecular formula is C21H23ClN2O6S. The lowest BCUT2D eigenvalue weighted by molar-refractivity contribution is -0.152. The standard InChI is InChI=1S/C21H23ClN2O6S/c1-14(2)20(24-31(28,29)17-10-6-9-16(22)12-17)21(27)30-13-19(26)23-18(25)11-15-7-4-3-5-8-15/h3-10,12,14,20,24H,11,13H2,1-2H3,(H,23,25,26)/t20-/m0/s1. The van der Waals surface area contributed by atoms with E-state index in [1.54, 1.807) is 44.2 Å². The van der Waals surface area contributed by atoms with Gasteiger partial charge in [-0.15, -0.1) is 0 Å². The van der Waals surface area contributed by atoms with Crippen LogP contribution in [0, 0.1) is 5.92 Å². The van der Waals surface area contributed by atoms with Crippen LogP contribution in [0.4, 0.5) is 0 Å². The minimum atomic E-state index is -4.05. The molecule has 0 fully saturated rings. The molecule has 10 heteroatoms. The highest BCUT2D eigenvalue weighted by molar-refractivity contribution is 7.89. The average Bonchev–Trinajstić information content (AvgIpc) is 2.70. The van der Waals surface area contributed by atoms with Crippen molar-refractivity contribution in [1.82, 2.24) is 10.0 Å². The minimum Gasteiger partial charge on any atom is -0.454 e. The molecule has 0 bridgehead atoms. The molecule has 1 atom stereocenters. The van der Waals surface area contributed by atoms with Crippen LogP contribution >= 0.6 is 11.6 Å². The molecule has 2 aromatic rings. The predicted molar refractivity (Wildman–Crippen MR) is 115 cm³/mol. The molecule has 0 unspecified atom stereocenters. The van der Waals surface area contributed by atoms with Crippen molar-refractivity contribution >= 4 is 39.4 Å². The highest BCUT2D eigenvalue weighted by Gasteiger charge is 2.30. The van der Waals surface area contributed by atoms with Crippen LogP contribution in [0.1, 0.15) is 19.4 Å². The lowest BCUT2D eigenvalue weighted by Crippen LogP contribution is -2.46. The molecule has 2 aromatic carbocycles. The summed E-state index contributed by atoms with van der Waals surface area (Å²) in [5.41, 5.74) is 0.722. The summed E-state index contributed by atoms with van der Waals surface area (Å²) in [7, 11) is -4.05. The quantitative estimate of drug-likeness (QED) is 0.546. The van der Waals surface area contributed by atoms with Crippen LogP contribution in [0.15, 0.2) is 59.5 Å². The zero-order valence-electron chi connectivity index (χ0n) is 17.0. The largest absolute Gasteiger partial charge is 0.454 e. The molecule has 0 aliphatic heterocycles. The van der Waals surface area contributed by atoms with E-state index >= 15 is 0 Å². The van der Waals surface area contributed by atoms with Crippen molar-refractivity contribution in [2.45, 2.75) is 31.2 Å². The van der Waals surface area contributed by atoms with E-state index in [1.807, 2.05) is 0 Å². The molecule has 2 N–H and O–H groups in total. The molecule has 8 nitrogen and oxygen atoms in total. The van der Waals surface area contributed by atoms with Gasteiger partial charge in [0.25, 0.3) is 5.91 Å². The maximum atomic E-state index is 12.6. The van der Waals surface area contributed by atoms with Crippen LogP contribution in [0.2, 0.25) is 5.02 Å². The van der Waals surface area contributed by atoms with Gasteiger partial charge in [0.15, 0.2) is 6.61 Å². The molecule has 0 spiro atoms. The molecule has 0 aromatic heterocycles. The number of hydrogen-bond donors (Lipinski definition) is 2. The van der Waals surface area contributed by atoms with Gasteiger partial charge in [0, 0.05) is 5.02 Å². The maximum absolute atomic E-state index is 12.6. The third-order valence-electron chi connectivity index (χ3n) is 4.14. The van der Waals surface area contributed by atoms with E-state index in [4.69, 9.17) is 16.3 Å². The number of nitrogens with one attached hydrogen (secondary N) is 2. The van der Waals surface area contributed by atoms with Crippen molar-refractivity contribution in [3.8, 4) is 0 Å². The van der Waals surface area contributed by atoms with Gasteiger partial charge in [-0.05, 0) is 29.7 Å². The van der Waals surface area contributed by atoms with Crippen LogP contribution in [0.5, 0.6) is 0 Å². The van der Waals surface area contributed by atoms with Gasteiger partial charge in [0.05, 0.1) is 11.3 Å². The molecule has 2 rings (SSSR count). The Bertz CT molecular complexity index is 1040. The van der Waals surface area contributed by atoms with E-state index in [9.17, 15) is 22.8 Å². The Morgan fingerprint density at radius 3 is 2.29 bits per heavy atom. The Kier molecular flexibility index (Phi) is 8.73. The fourth-order valence-corrected chi connectivity index (χ4v) is 4.20. The second-order valence-corrected chi connectivity index (χ2v) is 9.19. The van der Waals surface area contributed by atoms with Crippen LogP contribution in [0.3, 0.4) is 0 Å². The van der Waals surface area contributed by atoms with Gasteiger partial charge >= 0.3 is 5.97 Å². The van der Waals surface area contributed by atoms with Gasteiger partial charge in [-0.3, -0.25) is 19.7 Å². The van der Waals surface area contributed by atoms with Gasteiger partial charge < -0.3 is 4.74 Å². The number of rotatable bonds is 9. The number of carbonyl (C=O) groups excluding carboxylic acids is 3. The fraction of sp³-hybridized carbons (Fsp3) is 0.286. The summed E-state index contributed by atoms with van der Waals surface area (Å²) in [5.74, 6) is -2.76. The first-order valence-electron chi connectivity index (χ1n) is 9.39. The smallest absolute Gasteiger partial charge is 0.324 e. The third-order valence-corrected chi connectivity index (χ3v) is 5.81. The molecule has 0 radical (unpaired) electrons. The SMILES string of the molecule is CC(C)[C@H](NS(=O)(=O)c1cccc(Cl)c1)C(=O)OCC(=O)NC(=O)Cc1ccccc1. The zero-order chi connectivity index (χ0) is 23.0. The topological polar surface area (TPSA) is 119 Å². The van der Waals surface area contributed by atoms with Crippen molar-refractivity contribution < 1.29 is 27.5 Å². The van der Waals surface area contributed by atoms with Crippen molar-refractivity contribution in [2.24, 2.45) is 5.92 Å². The normalized spacial score (nSPS) is 12.3. The first-order valence-corrected chi connectivity index (χ1v) is 11.3. The number of carbonyl (C=O) groups is 3. The van der Waals surface area contributed by atoms with E-state index in [2.05, 4.69) is 10.0 Å². The Labute approximate surface area is 186 Å². The van der Waals surface area contributed by atoms with Crippen LogP contribution in [0.25, 0.3) is 0 Å². The van der Waals surface area contributed by atoms with Gasteiger partial charge in [-0.25, -0.2) is 8.42 Å². The van der Waals surface area contributed by atoms with Crippen molar-refractivity contribution in [1.29, 1.82) is 0 Å². The van der Waals surface area contributed by atoms with Gasteiger partial charge in [0.1, 0.15) is 6.04 Å². The summed E-state index contributed by atoms with van der Waals surface area (Å²) in [6.07, 6.45) is -0.00538. The van der Waals surface area contributed by atoms with E-state index < -0.39 is 46.4 Å². The zero-order valence-corrected chi connectivity index (χ0v) is 18.6. The summed E-state index contributed by atoms with van der Waals surface area (Å²) in [4.78, 5) is 36.1. The lowest BCUT2D eigenvalue weighted by Gasteiger charge is -2.20. The molecular weight excluding hydrogens is 444 g/mol. The molecule has 31 heavy (non-hydrogen) atoms. The lowest BCUT2D eigenvalue weighted by atomic mass is 10.1. The second kappa shape index (κ2) is 11.0. The minimum absolute atomic E-state index is 0.00538. The number of imide groups is 1. The Morgan fingerprint density at radius 1 is 1.00 bits per heavy atom. The highest BCUT2D eigenvalue weighted by atomic mass is 35.5. The van der Waals surface area contributed by atoms with E-state index in [1.165, 1.54) is 24.3 Å². The monoisotopic (exact) mass is 466 g/mol. The molecule has 0 saturated carbocycles. The highest BCUT2D eigenvalue weighted by Crippen LogP contribution is 2.17. The number of hydrogen-bond acceptors (Lipinski definition) is 6. The molecule has 2 amide bonds. The average molecular weight is 467 g/mol. The first-order chi connectivity index (χ1) is 14.6. The molecule has 0 saturated heterocycles. The van der Waals surface area contributed by atoms with E-state index in [-0.39, 0.29) is 16.3 Å². The van der Waals surface area contributed by atoms with Gasteiger partial charge in [-0.1, -0.05) is 61.8 Å². The summed E-state index contributed by atoms with van der Waals surface area (Å²) in [6, 6.07) is 13.1. The Balaban J connectivity index is 1.93. The van der Waals surface area contributed by atoms with Crippen LogP contribution in [-0.4, -0.2) is 38.9 Å².